The molecule has 0 unspecified atom stereocenters. The number of hydrogen-bond acceptors (Lipinski definition) is 4. The van der Waals surface area contributed by atoms with E-state index in [4.69, 9.17) is 11.6 Å². The molecular weight excluding hydrogens is 294 g/mol. The molecule has 20 heavy (non-hydrogen) atoms. The summed E-state index contributed by atoms with van der Waals surface area (Å²) in [6, 6.07) is 5.27. The Morgan fingerprint density at radius 1 is 1.45 bits per heavy atom. The number of halogens is 1. The lowest BCUT2D eigenvalue weighted by atomic mass is 10.2. The van der Waals surface area contributed by atoms with Gasteiger partial charge in [0.15, 0.2) is 0 Å². The molecule has 0 aliphatic carbocycles. The topological polar surface area (TPSA) is 54.0 Å². The summed E-state index contributed by atoms with van der Waals surface area (Å²) in [5.74, 6) is 0.472. The lowest BCUT2D eigenvalue weighted by Gasteiger charge is -2.08. The summed E-state index contributed by atoms with van der Waals surface area (Å²) in [5.41, 5.74) is 1.60. The highest BCUT2D eigenvalue weighted by atomic mass is 35.5. The molecule has 4 nitrogen and oxygen atoms in total. The quantitative estimate of drug-likeness (QED) is 0.802. The van der Waals surface area contributed by atoms with Gasteiger partial charge in [-0.1, -0.05) is 18.5 Å². The largest absolute Gasteiger partial charge is 0.370 e. The molecule has 0 bridgehead atoms. The number of hydrogen-bond donors (Lipinski definition) is 2. The van der Waals surface area contributed by atoms with Gasteiger partial charge in [-0.05, 0) is 40.9 Å². The second kappa shape index (κ2) is 7.26. The SMILES string of the molecule is CCCNc1cc(C(=O)NCc2ccsc2)cc(Cl)n1. The summed E-state index contributed by atoms with van der Waals surface area (Å²) in [6.07, 6.45) is 0.980. The zero-order valence-corrected chi connectivity index (χ0v) is 12.7. The van der Waals surface area contributed by atoms with E-state index in [-0.39, 0.29) is 5.91 Å². The predicted octanol–water partition coefficient (Wildman–Crippen LogP) is 3.55. The van der Waals surface area contributed by atoms with Crippen LogP contribution < -0.4 is 10.6 Å². The van der Waals surface area contributed by atoms with E-state index < -0.39 is 0 Å². The minimum Gasteiger partial charge on any atom is -0.370 e. The number of aromatic nitrogens is 1. The van der Waals surface area contributed by atoms with E-state index in [1.807, 2.05) is 16.8 Å². The molecule has 2 aromatic heterocycles. The van der Waals surface area contributed by atoms with Crippen LogP contribution >= 0.6 is 22.9 Å². The first kappa shape index (κ1) is 14.8. The van der Waals surface area contributed by atoms with Crippen LogP contribution in [0.15, 0.2) is 29.0 Å². The molecule has 1 amide bonds. The molecule has 0 atom stereocenters. The molecule has 6 heteroatoms. The molecule has 0 aliphatic rings. The van der Waals surface area contributed by atoms with Gasteiger partial charge >= 0.3 is 0 Å². The lowest BCUT2D eigenvalue weighted by Crippen LogP contribution is -2.22. The summed E-state index contributed by atoms with van der Waals surface area (Å²) in [6.45, 7) is 3.37. The molecule has 0 radical (unpaired) electrons. The Kier molecular flexibility index (Phi) is 5.38. The van der Waals surface area contributed by atoms with Gasteiger partial charge in [-0.15, -0.1) is 0 Å². The summed E-state index contributed by atoms with van der Waals surface area (Å²) in [7, 11) is 0. The summed E-state index contributed by atoms with van der Waals surface area (Å²) < 4.78 is 0. The van der Waals surface area contributed by atoms with Gasteiger partial charge in [0.25, 0.3) is 5.91 Å². The van der Waals surface area contributed by atoms with Crippen molar-refractivity contribution in [3.8, 4) is 0 Å². The maximum absolute atomic E-state index is 12.1. The number of anilines is 1. The van der Waals surface area contributed by atoms with Gasteiger partial charge in [0, 0.05) is 18.7 Å². The van der Waals surface area contributed by atoms with Gasteiger partial charge in [-0.25, -0.2) is 4.98 Å². The molecule has 2 rings (SSSR count). The van der Waals surface area contributed by atoms with Crippen LogP contribution in [0, 0.1) is 0 Å². The minimum atomic E-state index is -0.153. The molecule has 0 aromatic carbocycles. The molecule has 0 saturated heterocycles. The minimum absolute atomic E-state index is 0.153. The average molecular weight is 310 g/mol. The molecule has 106 valence electrons. The van der Waals surface area contributed by atoms with Crippen LogP contribution in [0.4, 0.5) is 5.82 Å². The van der Waals surface area contributed by atoms with Crippen molar-refractivity contribution in [2.45, 2.75) is 19.9 Å². The Balaban J connectivity index is 2.02. The van der Waals surface area contributed by atoms with Crippen molar-refractivity contribution < 1.29 is 4.79 Å². The normalized spacial score (nSPS) is 10.3. The Bertz CT molecular complexity index is 572. The third kappa shape index (κ3) is 4.21. The zero-order valence-electron chi connectivity index (χ0n) is 11.1. The highest BCUT2D eigenvalue weighted by molar-refractivity contribution is 7.07. The number of pyridine rings is 1. The Labute approximate surface area is 127 Å². The van der Waals surface area contributed by atoms with Crippen molar-refractivity contribution in [1.82, 2.24) is 10.3 Å². The first-order valence-corrected chi connectivity index (χ1v) is 7.72. The fourth-order valence-electron chi connectivity index (χ4n) is 1.65. The number of carbonyl (C=O) groups is 1. The molecular formula is C14H16ClN3OS. The van der Waals surface area contributed by atoms with E-state index in [1.165, 1.54) is 0 Å². The van der Waals surface area contributed by atoms with Crippen molar-refractivity contribution in [3.05, 3.63) is 45.2 Å². The van der Waals surface area contributed by atoms with E-state index >= 15 is 0 Å². The van der Waals surface area contributed by atoms with Crippen molar-refractivity contribution >= 4 is 34.7 Å². The molecule has 0 spiro atoms. The Morgan fingerprint density at radius 2 is 2.30 bits per heavy atom. The van der Waals surface area contributed by atoms with Crippen molar-refractivity contribution in [2.75, 3.05) is 11.9 Å². The first-order valence-electron chi connectivity index (χ1n) is 6.39. The number of nitrogens with zero attached hydrogens (tertiary/aromatic N) is 1. The van der Waals surface area contributed by atoms with E-state index in [0.717, 1.165) is 18.5 Å². The smallest absolute Gasteiger partial charge is 0.251 e. The third-order valence-electron chi connectivity index (χ3n) is 2.65. The molecule has 2 aromatic rings. The standard InChI is InChI=1S/C14H16ClN3OS/c1-2-4-16-13-7-11(6-12(15)18-13)14(19)17-8-10-3-5-20-9-10/h3,5-7,9H,2,4,8H2,1H3,(H,16,18)(H,17,19). The third-order valence-corrected chi connectivity index (χ3v) is 3.57. The van der Waals surface area contributed by atoms with Gasteiger partial charge in [0.2, 0.25) is 0 Å². The monoisotopic (exact) mass is 309 g/mol. The summed E-state index contributed by atoms with van der Waals surface area (Å²) in [5, 5.41) is 10.3. The molecule has 2 heterocycles. The Hall–Kier alpha value is -1.59. The highest BCUT2D eigenvalue weighted by Crippen LogP contribution is 2.15. The van der Waals surface area contributed by atoms with Crippen molar-refractivity contribution in [2.24, 2.45) is 0 Å². The van der Waals surface area contributed by atoms with E-state index in [0.29, 0.717) is 23.1 Å². The van der Waals surface area contributed by atoms with Crippen LogP contribution in [0.25, 0.3) is 0 Å². The molecule has 0 saturated carbocycles. The van der Waals surface area contributed by atoms with Crippen LogP contribution in [0.2, 0.25) is 5.15 Å². The van der Waals surface area contributed by atoms with Gasteiger partial charge in [-0.2, -0.15) is 11.3 Å². The summed E-state index contributed by atoms with van der Waals surface area (Å²) in [4.78, 5) is 16.2. The second-order valence-corrected chi connectivity index (χ2v) is 5.47. The van der Waals surface area contributed by atoms with Gasteiger partial charge in [0.1, 0.15) is 11.0 Å². The maximum atomic E-state index is 12.1. The number of rotatable bonds is 6. The van der Waals surface area contributed by atoms with Crippen LogP contribution in [0.1, 0.15) is 29.3 Å². The molecule has 0 fully saturated rings. The zero-order chi connectivity index (χ0) is 14.4. The van der Waals surface area contributed by atoms with E-state index in [9.17, 15) is 4.79 Å². The lowest BCUT2D eigenvalue weighted by molar-refractivity contribution is 0.0951. The number of amides is 1. The number of carbonyl (C=O) groups excluding carboxylic acids is 1. The van der Waals surface area contributed by atoms with E-state index in [1.54, 1.807) is 23.5 Å². The Morgan fingerprint density at radius 3 is 3.00 bits per heavy atom. The van der Waals surface area contributed by atoms with Gasteiger partial charge in [0.05, 0.1) is 0 Å². The van der Waals surface area contributed by atoms with Crippen LogP contribution in [-0.2, 0) is 6.54 Å². The average Bonchev–Trinajstić information content (AvgIpc) is 2.95. The predicted molar refractivity (Wildman–Crippen MR) is 83.5 cm³/mol. The first-order chi connectivity index (χ1) is 9.69. The van der Waals surface area contributed by atoms with Gasteiger partial charge in [-0.3, -0.25) is 4.79 Å². The van der Waals surface area contributed by atoms with E-state index in [2.05, 4.69) is 22.5 Å². The highest BCUT2D eigenvalue weighted by Gasteiger charge is 2.09. The molecule has 0 aliphatic heterocycles. The fourth-order valence-corrected chi connectivity index (χ4v) is 2.53. The van der Waals surface area contributed by atoms with Crippen LogP contribution in [0.5, 0.6) is 0 Å². The fraction of sp³-hybridized carbons (Fsp3) is 0.286. The van der Waals surface area contributed by atoms with Crippen molar-refractivity contribution in [1.29, 1.82) is 0 Å². The number of nitrogens with one attached hydrogen (secondary N) is 2. The molecule has 2 N–H and O–H groups in total. The van der Waals surface area contributed by atoms with Gasteiger partial charge < -0.3 is 10.6 Å². The van der Waals surface area contributed by atoms with Crippen LogP contribution in [0.3, 0.4) is 0 Å². The maximum Gasteiger partial charge on any atom is 0.251 e. The number of thiophene rings is 1. The van der Waals surface area contributed by atoms with Crippen molar-refractivity contribution in [3.63, 3.8) is 0 Å². The van der Waals surface area contributed by atoms with Crippen LogP contribution in [-0.4, -0.2) is 17.4 Å². The second-order valence-electron chi connectivity index (χ2n) is 4.30. The summed E-state index contributed by atoms with van der Waals surface area (Å²) >= 11 is 7.55.